The summed E-state index contributed by atoms with van der Waals surface area (Å²) in [6.07, 6.45) is 4.07. The molecule has 0 radical (unpaired) electrons. The fourth-order valence-corrected chi connectivity index (χ4v) is 2.82. The van der Waals surface area contributed by atoms with Gasteiger partial charge in [-0.2, -0.15) is 0 Å². The highest BCUT2D eigenvalue weighted by Crippen LogP contribution is 2.15. The number of benzene rings is 1. The molecule has 2 aromatic rings. The molecule has 2 heterocycles. The van der Waals surface area contributed by atoms with Gasteiger partial charge in [-0.05, 0) is 36.5 Å². The summed E-state index contributed by atoms with van der Waals surface area (Å²) < 4.78 is 15.5. The Morgan fingerprint density at radius 1 is 1.19 bits per heavy atom. The number of aromatic nitrogens is 2. The molecule has 1 aromatic heterocycles. The number of rotatable bonds is 4. The van der Waals surface area contributed by atoms with Crippen LogP contribution >= 0.6 is 12.2 Å². The van der Waals surface area contributed by atoms with Crippen LogP contribution in [0.25, 0.3) is 5.69 Å². The summed E-state index contributed by atoms with van der Waals surface area (Å²) in [4.78, 5) is 1.50. The molecule has 1 aliphatic heterocycles. The van der Waals surface area contributed by atoms with Gasteiger partial charge in [0.25, 0.3) is 0 Å². The van der Waals surface area contributed by atoms with E-state index in [9.17, 15) is 0 Å². The summed E-state index contributed by atoms with van der Waals surface area (Å²) in [6, 6.07) is 7.92. The average Bonchev–Trinajstić information content (AvgIpc) is 2.89. The minimum absolute atomic E-state index is 0.819. The molecule has 1 N–H and O–H groups in total. The summed E-state index contributed by atoms with van der Waals surface area (Å²) in [5.41, 5.74) is 1.05. The number of morpholine rings is 1. The first-order chi connectivity index (χ1) is 10.3. The number of methoxy groups -OCH3 is 1. The molecule has 1 aliphatic rings. The Bertz CT molecular complexity index is 642. The van der Waals surface area contributed by atoms with Crippen molar-refractivity contribution in [2.24, 2.45) is 0 Å². The lowest BCUT2D eigenvalue weighted by Crippen LogP contribution is -3.13. The van der Waals surface area contributed by atoms with E-state index in [1.807, 2.05) is 35.0 Å². The Hall–Kier alpha value is -1.63. The van der Waals surface area contributed by atoms with Crippen LogP contribution in [-0.2, 0) is 11.4 Å². The molecular formula is C15H20N3O2S+. The lowest BCUT2D eigenvalue weighted by Gasteiger charge is -2.23. The first-order valence-corrected chi connectivity index (χ1v) is 7.52. The van der Waals surface area contributed by atoms with E-state index in [1.54, 1.807) is 7.11 Å². The SMILES string of the molecule is COc1ccc(-n2ccn(C[NH+]3CCOCC3)c2=S)cc1. The molecule has 0 unspecified atom stereocenters. The van der Waals surface area contributed by atoms with Crippen molar-refractivity contribution in [1.29, 1.82) is 0 Å². The number of imidazole rings is 1. The molecule has 21 heavy (non-hydrogen) atoms. The quantitative estimate of drug-likeness (QED) is 0.852. The Balaban J connectivity index is 1.79. The van der Waals surface area contributed by atoms with Crippen LogP contribution in [0.2, 0.25) is 0 Å². The molecule has 0 atom stereocenters. The van der Waals surface area contributed by atoms with E-state index in [0.717, 1.165) is 49.2 Å². The van der Waals surface area contributed by atoms with Crippen LogP contribution in [0.1, 0.15) is 0 Å². The third-order valence-corrected chi connectivity index (χ3v) is 4.22. The molecule has 0 saturated carbocycles. The van der Waals surface area contributed by atoms with E-state index in [4.69, 9.17) is 21.7 Å². The minimum atomic E-state index is 0.819. The molecular weight excluding hydrogens is 286 g/mol. The average molecular weight is 306 g/mol. The second-order valence-corrected chi connectivity index (χ2v) is 5.50. The number of hydrogen-bond acceptors (Lipinski definition) is 3. The minimum Gasteiger partial charge on any atom is -0.497 e. The molecule has 1 saturated heterocycles. The second kappa shape index (κ2) is 6.43. The van der Waals surface area contributed by atoms with Gasteiger partial charge in [0.2, 0.25) is 0 Å². The Kier molecular flexibility index (Phi) is 4.38. The summed E-state index contributed by atoms with van der Waals surface area (Å²) in [5.74, 6) is 0.850. The molecule has 112 valence electrons. The molecule has 1 aromatic carbocycles. The number of quaternary nitrogens is 1. The van der Waals surface area contributed by atoms with Gasteiger partial charge in [0, 0.05) is 18.1 Å². The van der Waals surface area contributed by atoms with E-state index in [1.165, 1.54) is 4.90 Å². The number of hydrogen-bond donors (Lipinski definition) is 1. The highest BCUT2D eigenvalue weighted by atomic mass is 32.1. The summed E-state index contributed by atoms with van der Waals surface area (Å²) in [7, 11) is 1.67. The van der Waals surface area contributed by atoms with Crippen molar-refractivity contribution < 1.29 is 14.4 Å². The Morgan fingerprint density at radius 3 is 2.57 bits per heavy atom. The molecule has 0 aliphatic carbocycles. The van der Waals surface area contributed by atoms with E-state index >= 15 is 0 Å². The molecule has 6 heteroatoms. The van der Waals surface area contributed by atoms with Crippen LogP contribution < -0.4 is 9.64 Å². The van der Waals surface area contributed by atoms with Gasteiger partial charge in [0.05, 0.1) is 20.3 Å². The van der Waals surface area contributed by atoms with Crippen LogP contribution in [0, 0.1) is 4.77 Å². The van der Waals surface area contributed by atoms with Crippen molar-refractivity contribution in [3.8, 4) is 11.4 Å². The van der Waals surface area contributed by atoms with Crippen molar-refractivity contribution >= 4 is 12.2 Å². The predicted molar refractivity (Wildman–Crippen MR) is 82.7 cm³/mol. The van der Waals surface area contributed by atoms with Gasteiger partial charge in [-0.3, -0.25) is 9.13 Å². The third-order valence-electron chi connectivity index (χ3n) is 3.79. The predicted octanol–water partition coefficient (Wildman–Crippen LogP) is 0.889. The number of nitrogens with zero attached hydrogens (tertiary/aromatic N) is 2. The molecule has 0 spiro atoms. The van der Waals surface area contributed by atoms with Crippen molar-refractivity contribution in [3.05, 3.63) is 41.4 Å². The van der Waals surface area contributed by atoms with E-state index in [2.05, 4.69) is 10.8 Å². The maximum Gasteiger partial charge on any atom is 0.188 e. The zero-order valence-corrected chi connectivity index (χ0v) is 12.9. The largest absolute Gasteiger partial charge is 0.497 e. The second-order valence-electron chi connectivity index (χ2n) is 5.14. The van der Waals surface area contributed by atoms with E-state index < -0.39 is 0 Å². The van der Waals surface area contributed by atoms with Crippen molar-refractivity contribution in [2.45, 2.75) is 6.67 Å². The van der Waals surface area contributed by atoms with E-state index in [0.29, 0.717) is 0 Å². The third kappa shape index (κ3) is 3.18. The molecule has 3 rings (SSSR count). The van der Waals surface area contributed by atoms with Crippen molar-refractivity contribution in [3.63, 3.8) is 0 Å². The maximum absolute atomic E-state index is 5.59. The maximum atomic E-state index is 5.59. The lowest BCUT2D eigenvalue weighted by molar-refractivity contribution is -0.930. The van der Waals surface area contributed by atoms with Crippen molar-refractivity contribution in [1.82, 2.24) is 9.13 Å². The van der Waals surface area contributed by atoms with Crippen LogP contribution in [0.5, 0.6) is 5.75 Å². The smallest absolute Gasteiger partial charge is 0.188 e. The molecule has 5 nitrogen and oxygen atoms in total. The lowest BCUT2D eigenvalue weighted by atomic mass is 10.3. The van der Waals surface area contributed by atoms with Gasteiger partial charge >= 0.3 is 0 Å². The number of nitrogens with one attached hydrogen (secondary N) is 1. The van der Waals surface area contributed by atoms with Crippen LogP contribution in [-0.4, -0.2) is 42.5 Å². The fraction of sp³-hybridized carbons (Fsp3) is 0.400. The zero-order valence-electron chi connectivity index (χ0n) is 12.1. The topological polar surface area (TPSA) is 32.8 Å². The highest BCUT2D eigenvalue weighted by molar-refractivity contribution is 7.71. The van der Waals surface area contributed by atoms with Gasteiger partial charge in [0.15, 0.2) is 11.4 Å². The highest BCUT2D eigenvalue weighted by Gasteiger charge is 2.15. The van der Waals surface area contributed by atoms with Gasteiger partial charge < -0.3 is 14.4 Å². The first kappa shape index (κ1) is 14.3. The standard InChI is InChI=1S/C15H19N3O2S/c1-19-14-4-2-13(3-5-14)18-7-6-17(15(18)21)12-16-8-10-20-11-9-16/h2-7H,8-12H2,1H3/p+1. The monoisotopic (exact) mass is 306 g/mol. The molecule has 1 fully saturated rings. The Morgan fingerprint density at radius 2 is 1.90 bits per heavy atom. The number of ether oxygens (including phenoxy) is 2. The fourth-order valence-electron chi connectivity index (χ4n) is 2.53. The summed E-state index contributed by atoms with van der Waals surface area (Å²) in [5, 5.41) is 0. The van der Waals surface area contributed by atoms with Crippen LogP contribution in [0.4, 0.5) is 0 Å². The molecule has 0 bridgehead atoms. The Labute approximate surface area is 129 Å². The summed E-state index contributed by atoms with van der Waals surface area (Å²) in [6.45, 7) is 4.64. The molecule has 0 amide bonds. The summed E-state index contributed by atoms with van der Waals surface area (Å²) >= 11 is 5.59. The van der Waals surface area contributed by atoms with Gasteiger partial charge in [-0.1, -0.05) is 0 Å². The van der Waals surface area contributed by atoms with Gasteiger partial charge in [-0.25, -0.2) is 0 Å². The normalized spacial score (nSPS) is 16.0. The van der Waals surface area contributed by atoms with Crippen LogP contribution in [0.15, 0.2) is 36.7 Å². The van der Waals surface area contributed by atoms with Crippen LogP contribution in [0.3, 0.4) is 0 Å². The zero-order chi connectivity index (χ0) is 14.7. The van der Waals surface area contributed by atoms with Gasteiger partial charge in [0.1, 0.15) is 18.8 Å². The van der Waals surface area contributed by atoms with E-state index in [-0.39, 0.29) is 0 Å². The first-order valence-electron chi connectivity index (χ1n) is 7.11. The van der Waals surface area contributed by atoms with Crippen molar-refractivity contribution in [2.75, 3.05) is 33.4 Å². The van der Waals surface area contributed by atoms with Gasteiger partial charge in [-0.15, -0.1) is 0 Å².